The van der Waals surface area contributed by atoms with Crippen LogP contribution < -0.4 is 9.64 Å². The van der Waals surface area contributed by atoms with E-state index in [1.807, 2.05) is 0 Å². The maximum atomic E-state index is 13.1. The number of rotatable bonds is 7. The van der Waals surface area contributed by atoms with Crippen molar-refractivity contribution in [3.8, 4) is 5.75 Å². The Morgan fingerprint density at radius 1 is 1.37 bits per heavy atom. The molecule has 0 saturated carbocycles. The summed E-state index contributed by atoms with van der Waals surface area (Å²) in [6.07, 6.45) is 2.93. The van der Waals surface area contributed by atoms with E-state index in [-0.39, 0.29) is 24.9 Å². The fourth-order valence-corrected chi connectivity index (χ4v) is 4.45. The average Bonchev–Trinajstić information content (AvgIpc) is 3.40. The number of aromatic nitrogens is 4. The zero-order chi connectivity index (χ0) is 20.2. The van der Waals surface area contributed by atoms with Gasteiger partial charge in [-0.2, -0.15) is 5.10 Å². The van der Waals surface area contributed by atoms with E-state index in [0.717, 1.165) is 24.3 Å². The number of hydrogen-bond acceptors (Lipinski definition) is 8. The minimum Gasteiger partial charge on any atom is -0.494 e. The number of nitrogens with zero attached hydrogens (tertiary/aromatic N) is 6. The first-order valence-corrected chi connectivity index (χ1v) is 10.4. The highest BCUT2D eigenvalue weighted by atomic mass is 35.5. The van der Waals surface area contributed by atoms with Crippen LogP contribution in [0.3, 0.4) is 0 Å². The SMILES string of the molecule is COc1ccc(Cl)c2sc(N(CCN3CCOCC3)C(=O)Cn3cncn3)nc12.Cl. The number of ether oxygens (including phenoxy) is 2. The van der Waals surface area contributed by atoms with Gasteiger partial charge in [0.25, 0.3) is 5.91 Å². The number of carbonyl (C=O) groups excluding carboxylic acids is 1. The van der Waals surface area contributed by atoms with Gasteiger partial charge in [-0.3, -0.25) is 14.6 Å². The smallest absolute Gasteiger partial charge is 0.250 e. The van der Waals surface area contributed by atoms with Crippen LogP contribution in [0, 0.1) is 0 Å². The van der Waals surface area contributed by atoms with E-state index >= 15 is 0 Å². The molecule has 1 fully saturated rings. The second-order valence-electron chi connectivity index (χ2n) is 6.52. The Morgan fingerprint density at radius 2 is 2.17 bits per heavy atom. The summed E-state index contributed by atoms with van der Waals surface area (Å²) < 4.78 is 13.1. The highest BCUT2D eigenvalue weighted by molar-refractivity contribution is 7.23. The van der Waals surface area contributed by atoms with Crippen molar-refractivity contribution in [3.05, 3.63) is 29.8 Å². The van der Waals surface area contributed by atoms with Gasteiger partial charge in [-0.1, -0.05) is 22.9 Å². The Bertz CT molecular complexity index is 978. The molecule has 1 amide bonds. The van der Waals surface area contributed by atoms with Crippen molar-refractivity contribution in [1.82, 2.24) is 24.6 Å². The summed E-state index contributed by atoms with van der Waals surface area (Å²) in [7, 11) is 1.59. The summed E-state index contributed by atoms with van der Waals surface area (Å²) in [4.78, 5) is 25.7. The molecule has 0 atom stereocenters. The van der Waals surface area contributed by atoms with E-state index in [0.29, 0.717) is 41.2 Å². The molecule has 4 rings (SSSR count). The fourth-order valence-electron chi connectivity index (χ4n) is 3.15. The number of hydrogen-bond donors (Lipinski definition) is 0. The molecule has 0 bridgehead atoms. The third-order valence-electron chi connectivity index (χ3n) is 4.71. The van der Waals surface area contributed by atoms with E-state index in [1.165, 1.54) is 28.7 Å². The van der Waals surface area contributed by atoms with Crippen LogP contribution in [0.5, 0.6) is 5.75 Å². The van der Waals surface area contributed by atoms with Crippen molar-refractivity contribution in [3.63, 3.8) is 0 Å². The van der Waals surface area contributed by atoms with E-state index in [2.05, 4.69) is 20.0 Å². The molecule has 1 aliphatic heterocycles. The molecule has 30 heavy (non-hydrogen) atoms. The van der Waals surface area contributed by atoms with Crippen LogP contribution >= 0.6 is 35.3 Å². The molecule has 1 saturated heterocycles. The molecular weight excluding hydrogens is 451 g/mol. The van der Waals surface area contributed by atoms with Gasteiger partial charge >= 0.3 is 0 Å². The average molecular weight is 473 g/mol. The third kappa shape index (κ3) is 5.01. The summed E-state index contributed by atoms with van der Waals surface area (Å²) >= 11 is 7.75. The normalized spacial score (nSPS) is 14.5. The van der Waals surface area contributed by atoms with Crippen LogP contribution in [0.25, 0.3) is 10.2 Å². The van der Waals surface area contributed by atoms with Gasteiger partial charge in [0.05, 0.1) is 30.0 Å². The number of morpholine rings is 1. The number of anilines is 1. The van der Waals surface area contributed by atoms with Crippen molar-refractivity contribution < 1.29 is 14.3 Å². The van der Waals surface area contributed by atoms with Crippen molar-refractivity contribution in [2.24, 2.45) is 0 Å². The first-order valence-electron chi connectivity index (χ1n) is 9.21. The van der Waals surface area contributed by atoms with Gasteiger partial charge in [0.15, 0.2) is 5.13 Å². The number of fused-ring (bicyclic) bond motifs is 1. The summed E-state index contributed by atoms with van der Waals surface area (Å²) in [5.74, 6) is 0.515. The van der Waals surface area contributed by atoms with Crippen LogP contribution in [-0.4, -0.2) is 77.1 Å². The molecule has 2 aromatic heterocycles. The minimum atomic E-state index is -0.113. The molecule has 12 heteroatoms. The molecule has 0 unspecified atom stereocenters. The molecule has 0 spiro atoms. The number of methoxy groups -OCH3 is 1. The lowest BCUT2D eigenvalue weighted by molar-refractivity contribution is -0.119. The van der Waals surface area contributed by atoms with Gasteiger partial charge in [0.1, 0.15) is 30.5 Å². The zero-order valence-corrected chi connectivity index (χ0v) is 18.8. The Hall–Kier alpha value is -1.98. The van der Waals surface area contributed by atoms with E-state index in [4.69, 9.17) is 21.1 Å². The lowest BCUT2D eigenvalue weighted by Gasteiger charge is -2.29. The van der Waals surface area contributed by atoms with E-state index < -0.39 is 0 Å². The minimum absolute atomic E-state index is 0. The predicted octanol–water partition coefficient (Wildman–Crippen LogP) is 2.34. The standard InChI is InChI=1S/C18H21ClN6O3S.ClH/c1-27-14-3-2-13(19)17-16(14)22-18(29-17)25(5-4-23-6-8-28-9-7-23)15(26)10-24-12-20-11-21-24;/h2-3,11-12H,4-10H2,1H3;1H. The van der Waals surface area contributed by atoms with Crippen molar-refractivity contribution in [2.75, 3.05) is 51.4 Å². The monoisotopic (exact) mass is 472 g/mol. The molecule has 1 aliphatic rings. The summed E-state index contributed by atoms with van der Waals surface area (Å²) in [5.41, 5.74) is 0.657. The molecule has 3 aromatic rings. The van der Waals surface area contributed by atoms with Crippen LogP contribution in [-0.2, 0) is 16.1 Å². The molecule has 162 valence electrons. The lowest BCUT2D eigenvalue weighted by atomic mass is 10.3. The molecule has 1 aromatic carbocycles. The van der Waals surface area contributed by atoms with Crippen LogP contribution in [0.2, 0.25) is 5.02 Å². The number of carbonyl (C=O) groups is 1. The molecule has 0 N–H and O–H groups in total. The topological polar surface area (TPSA) is 85.6 Å². The molecule has 9 nitrogen and oxygen atoms in total. The van der Waals surface area contributed by atoms with E-state index in [9.17, 15) is 4.79 Å². The van der Waals surface area contributed by atoms with Gasteiger partial charge in [-0.15, -0.1) is 12.4 Å². The molecular formula is C18H22Cl2N6O3S. The zero-order valence-electron chi connectivity index (χ0n) is 16.4. The van der Waals surface area contributed by atoms with Gasteiger partial charge in [0, 0.05) is 26.2 Å². The highest BCUT2D eigenvalue weighted by Crippen LogP contribution is 2.38. The quantitative estimate of drug-likeness (QED) is 0.521. The number of benzene rings is 1. The third-order valence-corrected chi connectivity index (χ3v) is 6.25. The number of halogens is 2. The maximum absolute atomic E-state index is 13.1. The van der Waals surface area contributed by atoms with Crippen LogP contribution in [0.4, 0.5) is 5.13 Å². The largest absolute Gasteiger partial charge is 0.494 e. The fraction of sp³-hybridized carbons (Fsp3) is 0.444. The Morgan fingerprint density at radius 3 is 2.87 bits per heavy atom. The molecule has 0 radical (unpaired) electrons. The second kappa shape index (κ2) is 10.4. The maximum Gasteiger partial charge on any atom is 0.250 e. The van der Waals surface area contributed by atoms with Crippen LogP contribution in [0.15, 0.2) is 24.8 Å². The van der Waals surface area contributed by atoms with Crippen LogP contribution in [0.1, 0.15) is 0 Å². The Kier molecular flexibility index (Phi) is 7.84. The Labute approximate surface area is 189 Å². The number of thiazole rings is 1. The molecule has 3 heterocycles. The summed E-state index contributed by atoms with van der Waals surface area (Å²) in [6, 6.07) is 3.56. The van der Waals surface area contributed by atoms with Crippen molar-refractivity contribution in [2.45, 2.75) is 6.54 Å². The second-order valence-corrected chi connectivity index (χ2v) is 7.90. The number of amides is 1. The Balaban J connectivity index is 0.00000256. The lowest BCUT2D eigenvalue weighted by Crippen LogP contribution is -2.44. The first-order chi connectivity index (χ1) is 14.2. The summed E-state index contributed by atoms with van der Waals surface area (Å²) in [6.45, 7) is 4.45. The first kappa shape index (κ1) is 22.7. The summed E-state index contributed by atoms with van der Waals surface area (Å²) in [5, 5.41) is 5.21. The van der Waals surface area contributed by atoms with Crippen molar-refractivity contribution in [1.29, 1.82) is 0 Å². The van der Waals surface area contributed by atoms with Gasteiger partial charge < -0.3 is 9.47 Å². The van der Waals surface area contributed by atoms with Crippen molar-refractivity contribution >= 4 is 56.6 Å². The highest BCUT2D eigenvalue weighted by Gasteiger charge is 2.23. The van der Waals surface area contributed by atoms with Gasteiger partial charge in [-0.25, -0.2) is 14.6 Å². The van der Waals surface area contributed by atoms with Gasteiger partial charge in [0.2, 0.25) is 0 Å². The predicted molar refractivity (Wildman–Crippen MR) is 118 cm³/mol. The van der Waals surface area contributed by atoms with Gasteiger partial charge in [-0.05, 0) is 12.1 Å². The molecule has 0 aliphatic carbocycles. The van der Waals surface area contributed by atoms with E-state index in [1.54, 1.807) is 24.1 Å².